The van der Waals surface area contributed by atoms with E-state index in [9.17, 15) is 0 Å². The number of rotatable bonds is 5. The average molecular weight is 275 g/mol. The second-order valence-corrected chi connectivity index (χ2v) is 4.65. The van der Waals surface area contributed by atoms with E-state index in [1.165, 1.54) is 0 Å². The summed E-state index contributed by atoms with van der Waals surface area (Å²) in [6, 6.07) is 7.43. The van der Waals surface area contributed by atoms with Crippen LogP contribution in [0.4, 0.5) is 0 Å². The van der Waals surface area contributed by atoms with Gasteiger partial charge < -0.3 is 15.2 Å². The van der Waals surface area contributed by atoms with Gasteiger partial charge in [-0.15, -0.1) is 0 Å². The van der Waals surface area contributed by atoms with E-state index in [4.69, 9.17) is 15.2 Å². The van der Waals surface area contributed by atoms with Gasteiger partial charge in [-0.25, -0.2) is 0 Å². The van der Waals surface area contributed by atoms with Crippen LogP contribution in [0.1, 0.15) is 29.9 Å². The first-order valence-corrected chi connectivity index (χ1v) is 6.62. The van der Waals surface area contributed by atoms with Gasteiger partial charge in [0.05, 0.1) is 31.6 Å². The highest BCUT2D eigenvalue weighted by atomic mass is 16.5. The van der Waals surface area contributed by atoms with Gasteiger partial charge in [0.2, 0.25) is 0 Å². The third kappa shape index (κ3) is 2.77. The molecule has 1 heterocycles. The molecule has 0 radical (unpaired) electrons. The molecule has 0 spiro atoms. The molecule has 2 N–H and O–H groups in total. The number of benzene rings is 1. The smallest absolute Gasteiger partial charge is 0.122 e. The van der Waals surface area contributed by atoms with E-state index >= 15 is 0 Å². The summed E-state index contributed by atoms with van der Waals surface area (Å²) in [7, 11) is 3.26. The third-order valence-electron chi connectivity index (χ3n) is 3.28. The standard InChI is InChI=1S/C15H21N3O2/c1-5-18-14(6-10(2)17-18)15(16)11-7-12(19-3)9-13(8-11)20-4/h6-9,15H,5,16H2,1-4H3. The Morgan fingerprint density at radius 2 is 1.75 bits per heavy atom. The van der Waals surface area contributed by atoms with E-state index in [1.807, 2.05) is 35.9 Å². The van der Waals surface area contributed by atoms with Crippen LogP contribution in [0.3, 0.4) is 0 Å². The Labute approximate surface area is 119 Å². The number of nitrogens with zero attached hydrogens (tertiary/aromatic N) is 2. The van der Waals surface area contributed by atoms with Crippen molar-refractivity contribution in [1.29, 1.82) is 0 Å². The van der Waals surface area contributed by atoms with Gasteiger partial charge in [0.25, 0.3) is 0 Å². The maximum absolute atomic E-state index is 6.38. The van der Waals surface area contributed by atoms with Gasteiger partial charge in [-0.1, -0.05) is 0 Å². The first-order valence-electron chi connectivity index (χ1n) is 6.62. The predicted octanol–water partition coefficient (Wildman–Crippen LogP) is 2.28. The fourth-order valence-electron chi connectivity index (χ4n) is 2.25. The van der Waals surface area contributed by atoms with Crippen LogP contribution in [0.15, 0.2) is 24.3 Å². The molecular formula is C15H21N3O2. The second kappa shape index (κ2) is 5.96. The van der Waals surface area contributed by atoms with Crippen LogP contribution in [0.5, 0.6) is 11.5 Å². The van der Waals surface area contributed by atoms with Crippen molar-refractivity contribution >= 4 is 0 Å². The fraction of sp³-hybridized carbons (Fsp3) is 0.400. The van der Waals surface area contributed by atoms with Crippen molar-refractivity contribution in [3.05, 3.63) is 41.2 Å². The molecule has 0 aliphatic rings. The minimum atomic E-state index is -0.264. The van der Waals surface area contributed by atoms with Crippen LogP contribution in [-0.4, -0.2) is 24.0 Å². The molecule has 0 amide bonds. The number of nitrogens with two attached hydrogens (primary N) is 1. The lowest BCUT2D eigenvalue weighted by Crippen LogP contribution is -2.17. The van der Waals surface area contributed by atoms with Crippen molar-refractivity contribution in [2.24, 2.45) is 5.73 Å². The van der Waals surface area contributed by atoms with E-state index in [0.29, 0.717) is 0 Å². The van der Waals surface area contributed by atoms with Crippen LogP contribution in [0.2, 0.25) is 0 Å². The van der Waals surface area contributed by atoms with E-state index in [0.717, 1.165) is 35.0 Å². The van der Waals surface area contributed by atoms with Crippen molar-refractivity contribution in [3.63, 3.8) is 0 Å². The Morgan fingerprint density at radius 1 is 1.15 bits per heavy atom. The Hall–Kier alpha value is -2.01. The predicted molar refractivity (Wildman–Crippen MR) is 78.2 cm³/mol. The highest BCUT2D eigenvalue weighted by molar-refractivity contribution is 5.42. The zero-order chi connectivity index (χ0) is 14.7. The fourth-order valence-corrected chi connectivity index (χ4v) is 2.25. The van der Waals surface area contributed by atoms with Crippen molar-refractivity contribution in [1.82, 2.24) is 9.78 Å². The quantitative estimate of drug-likeness (QED) is 0.909. The largest absolute Gasteiger partial charge is 0.497 e. The lowest BCUT2D eigenvalue weighted by molar-refractivity contribution is 0.393. The molecule has 5 nitrogen and oxygen atoms in total. The third-order valence-corrected chi connectivity index (χ3v) is 3.28. The van der Waals surface area contributed by atoms with Crippen LogP contribution in [-0.2, 0) is 6.54 Å². The highest BCUT2D eigenvalue weighted by Crippen LogP contribution is 2.28. The van der Waals surface area contributed by atoms with E-state index in [-0.39, 0.29) is 6.04 Å². The molecule has 1 aromatic heterocycles. The van der Waals surface area contributed by atoms with Crippen LogP contribution >= 0.6 is 0 Å². The summed E-state index contributed by atoms with van der Waals surface area (Å²) in [6.45, 7) is 4.81. The molecule has 108 valence electrons. The van der Waals surface area contributed by atoms with Gasteiger partial charge in [-0.3, -0.25) is 4.68 Å². The van der Waals surface area contributed by atoms with Gasteiger partial charge in [0.1, 0.15) is 11.5 Å². The summed E-state index contributed by atoms with van der Waals surface area (Å²) in [5.74, 6) is 1.46. The number of hydrogen-bond donors (Lipinski definition) is 1. The van der Waals surface area contributed by atoms with E-state index < -0.39 is 0 Å². The molecular weight excluding hydrogens is 254 g/mol. The number of methoxy groups -OCH3 is 2. The molecule has 0 fully saturated rings. The summed E-state index contributed by atoms with van der Waals surface area (Å²) in [5.41, 5.74) is 9.27. The lowest BCUT2D eigenvalue weighted by atomic mass is 10.0. The minimum absolute atomic E-state index is 0.264. The molecule has 20 heavy (non-hydrogen) atoms. The summed E-state index contributed by atoms with van der Waals surface area (Å²) in [6.07, 6.45) is 0. The Bertz CT molecular complexity index is 571. The maximum Gasteiger partial charge on any atom is 0.122 e. The Balaban J connectivity index is 2.43. The summed E-state index contributed by atoms with van der Waals surface area (Å²) in [5, 5.41) is 4.44. The van der Waals surface area contributed by atoms with Crippen LogP contribution in [0.25, 0.3) is 0 Å². The summed E-state index contributed by atoms with van der Waals surface area (Å²) >= 11 is 0. The molecule has 1 atom stereocenters. The molecule has 1 aromatic carbocycles. The van der Waals surface area contributed by atoms with Crippen molar-refractivity contribution in [3.8, 4) is 11.5 Å². The van der Waals surface area contributed by atoms with Gasteiger partial charge in [0, 0.05) is 12.6 Å². The SMILES string of the molecule is CCn1nc(C)cc1C(N)c1cc(OC)cc(OC)c1. The molecule has 2 aromatic rings. The highest BCUT2D eigenvalue weighted by Gasteiger charge is 2.16. The zero-order valence-electron chi connectivity index (χ0n) is 12.4. The topological polar surface area (TPSA) is 62.3 Å². The minimum Gasteiger partial charge on any atom is -0.497 e. The number of aromatic nitrogens is 2. The van der Waals surface area contributed by atoms with Crippen LogP contribution < -0.4 is 15.2 Å². The Kier molecular flexibility index (Phi) is 4.29. The maximum atomic E-state index is 6.38. The molecule has 2 rings (SSSR count). The summed E-state index contributed by atoms with van der Waals surface area (Å²) < 4.78 is 12.5. The van der Waals surface area contributed by atoms with Crippen molar-refractivity contribution < 1.29 is 9.47 Å². The average Bonchev–Trinajstić information content (AvgIpc) is 2.86. The van der Waals surface area contributed by atoms with Gasteiger partial charge in [0.15, 0.2) is 0 Å². The van der Waals surface area contributed by atoms with Gasteiger partial charge in [-0.05, 0) is 37.6 Å². The van der Waals surface area contributed by atoms with E-state index in [2.05, 4.69) is 12.0 Å². The molecule has 0 saturated carbocycles. The number of hydrogen-bond acceptors (Lipinski definition) is 4. The normalized spacial score (nSPS) is 12.2. The first-order chi connectivity index (χ1) is 9.58. The molecule has 0 saturated heterocycles. The van der Waals surface area contributed by atoms with Crippen LogP contribution in [0, 0.1) is 6.92 Å². The molecule has 0 aliphatic carbocycles. The molecule has 1 unspecified atom stereocenters. The van der Waals surface area contributed by atoms with Crippen molar-refractivity contribution in [2.75, 3.05) is 14.2 Å². The molecule has 0 bridgehead atoms. The number of aryl methyl sites for hydroxylation is 2. The molecule has 0 aliphatic heterocycles. The molecule has 5 heteroatoms. The first kappa shape index (κ1) is 14.4. The van der Waals surface area contributed by atoms with E-state index in [1.54, 1.807) is 14.2 Å². The zero-order valence-corrected chi connectivity index (χ0v) is 12.4. The second-order valence-electron chi connectivity index (χ2n) is 4.65. The van der Waals surface area contributed by atoms with Crippen molar-refractivity contribution in [2.45, 2.75) is 26.4 Å². The monoisotopic (exact) mass is 275 g/mol. The van der Waals surface area contributed by atoms with Gasteiger partial charge in [-0.2, -0.15) is 5.10 Å². The Morgan fingerprint density at radius 3 is 2.25 bits per heavy atom. The number of ether oxygens (including phenoxy) is 2. The lowest BCUT2D eigenvalue weighted by Gasteiger charge is -2.16. The van der Waals surface area contributed by atoms with Gasteiger partial charge >= 0.3 is 0 Å². The summed E-state index contributed by atoms with van der Waals surface area (Å²) in [4.78, 5) is 0.